The lowest BCUT2D eigenvalue weighted by atomic mass is 10.2. The summed E-state index contributed by atoms with van der Waals surface area (Å²) < 4.78 is 36.5. The van der Waals surface area contributed by atoms with Crippen molar-refractivity contribution >= 4 is 49.8 Å². The van der Waals surface area contributed by atoms with Gasteiger partial charge in [-0.2, -0.15) is 13.5 Å². The first-order valence-electron chi connectivity index (χ1n) is 9.24. The molecule has 0 aromatic heterocycles. The summed E-state index contributed by atoms with van der Waals surface area (Å²) in [4.78, 5) is 12.0. The van der Waals surface area contributed by atoms with E-state index in [2.05, 4.69) is 26.5 Å². The van der Waals surface area contributed by atoms with E-state index in [0.717, 1.165) is 5.56 Å². The molecule has 0 heterocycles. The highest BCUT2D eigenvalue weighted by molar-refractivity contribution is 9.10. The first-order chi connectivity index (χ1) is 15.2. The highest BCUT2D eigenvalue weighted by atomic mass is 79.9. The van der Waals surface area contributed by atoms with Crippen molar-refractivity contribution in [3.63, 3.8) is 0 Å². The number of hydrazone groups is 1. The van der Waals surface area contributed by atoms with Gasteiger partial charge in [0.15, 0.2) is 12.4 Å². The van der Waals surface area contributed by atoms with E-state index < -0.39 is 16.0 Å². The van der Waals surface area contributed by atoms with Gasteiger partial charge in [0.2, 0.25) is 0 Å². The van der Waals surface area contributed by atoms with E-state index in [4.69, 9.17) is 20.5 Å². The molecule has 0 saturated heterocycles. The molecule has 0 radical (unpaired) electrons. The molecule has 32 heavy (non-hydrogen) atoms. The van der Waals surface area contributed by atoms with Crippen molar-refractivity contribution in [2.75, 3.05) is 6.61 Å². The molecule has 166 valence electrons. The second kappa shape index (κ2) is 10.6. The molecule has 0 aliphatic heterocycles. The third-order valence-electron chi connectivity index (χ3n) is 4.06. The number of nitrogens with zero attached hydrogens (tertiary/aromatic N) is 1. The maximum Gasteiger partial charge on any atom is 0.339 e. The molecule has 3 aromatic rings. The van der Waals surface area contributed by atoms with Gasteiger partial charge in [-0.25, -0.2) is 5.43 Å². The summed E-state index contributed by atoms with van der Waals surface area (Å²) in [5.74, 6) is 0.0441. The van der Waals surface area contributed by atoms with Crippen molar-refractivity contribution in [3.8, 4) is 11.5 Å². The standard InChI is InChI=1S/C22H18BrClN2O5S/c1-15-2-9-20(10-3-15)32(28,29)31-21-11-4-17(23)12-16(21)13-25-26-22(27)14-30-19-7-5-18(24)6-8-19/h2-13H,14H2,1H3,(H,26,27)/b25-13-. The zero-order valence-corrected chi connectivity index (χ0v) is 19.9. The smallest absolute Gasteiger partial charge is 0.339 e. The zero-order chi connectivity index (χ0) is 23.1. The van der Waals surface area contributed by atoms with Crippen molar-refractivity contribution in [2.45, 2.75) is 11.8 Å². The fourth-order valence-electron chi connectivity index (χ4n) is 2.45. The molecule has 0 fully saturated rings. The van der Waals surface area contributed by atoms with Crippen LogP contribution in [0.5, 0.6) is 11.5 Å². The van der Waals surface area contributed by atoms with Gasteiger partial charge in [0.1, 0.15) is 10.6 Å². The molecule has 0 atom stereocenters. The van der Waals surface area contributed by atoms with Gasteiger partial charge < -0.3 is 8.92 Å². The predicted molar refractivity (Wildman–Crippen MR) is 126 cm³/mol. The van der Waals surface area contributed by atoms with Gasteiger partial charge in [0.05, 0.1) is 6.21 Å². The van der Waals surface area contributed by atoms with Crippen molar-refractivity contribution in [3.05, 3.63) is 87.4 Å². The molecule has 10 heteroatoms. The zero-order valence-electron chi connectivity index (χ0n) is 16.8. The minimum absolute atomic E-state index is 0.0292. The minimum Gasteiger partial charge on any atom is -0.484 e. The van der Waals surface area contributed by atoms with Gasteiger partial charge in [-0.15, -0.1) is 0 Å². The van der Waals surface area contributed by atoms with Crippen molar-refractivity contribution in [2.24, 2.45) is 5.10 Å². The molecule has 0 saturated carbocycles. The lowest BCUT2D eigenvalue weighted by Gasteiger charge is -2.10. The quantitative estimate of drug-likeness (QED) is 0.255. The van der Waals surface area contributed by atoms with Crippen LogP contribution in [0.4, 0.5) is 0 Å². The van der Waals surface area contributed by atoms with Crippen LogP contribution < -0.4 is 14.3 Å². The number of hydrogen-bond donors (Lipinski definition) is 1. The average molecular weight is 538 g/mol. The Morgan fingerprint density at radius 2 is 1.78 bits per heavy atom. The minimum atomic E-state index is -4.04. The van der Waals surface area contributed by atoms with Crippen molar-refractivity contribution < 1.29 is 22.1 Å². The number of nitrogens with one attached hydrogen (secondary N) is 1. The first-order valence-corrected chi connectivity index (χ1v) is 11.8. The molecule has 3 rings (SSSR count). The average Bonchev–Trinajstić information content (AvgIpc) is 2.75. The summed E-state index contributed by atoms with van der Waals surface area (Å²) in [6.45, 7) is 1.60. The molecule has 1 N–H and O–H groups in total. The molecule has 0 aliphatic carbocycles. The summed E-state index contributed by atoms with van der Waals surface area (Å²) in [6, 6.07) is 17.6. The van der Waals surface area contributed by atoms with E-state index in [9.17, 15) is 13.2 Å². The molecule has 0 spiro atoms. The lowest BCUT2D eigenvalue weighted by Crippen LogP contribution is -2.24. The lowest BCUT2D eigenvalue weighted by molar-refractivity contribution is -0.123. The summed E-state index contributed by atoms with van der Waals surface area (Å²) >= 11 is 9.12. The van der Waals surface area contributed by atoms with Crippen LogP contribution in [-0.4, -0.2) is 27.1 Å². The molecule has 0 unspecified atom stereocenters. The SMILES string of the molecule is Cc1ccc(S(=O)(=O)Oc2ccc(Br)cc2/C=N\NC(=O)COc2ccc(Cl)cc2)cc1. The largest absolute Gasteiger partial charge is 0.484 e. The molecule has 0 bridgehead atoms. The Morgan fingerprint density at radius 3 is 2.47 bits per heavy atom. The Hall–Kier alpha value is -2.88. The molecule has 3 aromatic carbocycles. The van der Waals surface area contributed by atoms with E-state index in [1.807, 2.05) is 6.92 Å². The second-order valence-corrected chi connectivity index (χ2v) is 9.47. The molecular weight excluding hydrogens is 520 g/mol. The number of hydrogen-bond acceptors (Lipinski definition) is 6. The predicted octanol–water partition coefficient (Wildman–Crippen LogP) is 4.71. The van der Waals surface area contributed by atoms with E-state index in [1.54, 1.807) is 48.5 Å². The number of rotatable bonds is 8. The number of carbonyl (C=O) groups excluding carboxylic acids is 1. The highest BCUT2D eigenvalue weighted by Gasteiger charge is 2.18. The Balaban J connectivity index is 1.66. The van der Waals surface area contributed by atoms with Crippen LogP contribution in [0, 0.1) is 6.92 Å². The summed E-state index contributed by atoms with van der Waals surface area (Å²) in [6.07, 6.45) is 1.28. The molecule has 0 aliphatic rings. The molecular formula is C22H18BrClN2O5S. The fraction of sp³-hybridized carbons (Fsp3) is 0.0909. The van der Waals surface area contributed by atoms with Crippen LogP contribution in [0.25, 0.3) is 0 Å². The highest BCUT2D eigenvalue weighted by Crippen LogP contribution is 2.25. The van der Waals surface area contributed by atoms with E-state index in [-0.39, 0.29) is 17.3 Å². The maximum absolute atomic E-state index is 12.6. The Morgan fingerprint density at radius 1 is 1.09 bits per heavy atom. The van der Waals surface area contributed by atoms with Crippen LogP contribution >= 0.6 is 27.5 Å². The van der Waals surface area contributed by atoms with Crippen LogP contribution in [0.1, 0.15) is 11.1 Å². The number of halogens is 2. The van der Waals surface area contributed by atoms with Crippen LogP contribution in [0.15, 0.2) is 81.2 Å². The Kier molecular flexibility index (Phi) is 7.89. The summed E-state index contributed by atoms with van der Waals surface area (Å²) in [5, 5.41) is 4.42. The molecule has 1 amide bonds. The normalized spacial score (nSPS) is 11.3. The van der Waals surface area contributed by atoms with Crippen LogP contribution in [-0.2, 0) is 14.9 Å². The second-order valence-electron chi connectivity index (χ2n) is 6.57. The van der Waals surface area contributed by atoms with Gasteiger partial charge in [0.25, 0.3) is 5.91 Å². The monoisotopic (exact) mass is 536 g/mol. The van der Waals surface area contributed by atoms with Gasteiger partial charge >= 0.3 is 10.1 Å². The van der Waals surface area contributed by atoms with Crippen LogP contribution in [0.2, 0.25) is 5.02 Å². The van der Waals surface area contributed by atoms with Gasteiger partial charge in [-0.1, -0.05) is 45.2 Å². The van der Waals surface area contributed by atoms with Gasteiger partial charge in [-0.05, 0) is 61.5 Å². The topological polar surface area (TPSA) is 94.1 Å². The van der Waals surface area contributed by atoms with Crippen molar-refractivity contribution in [1.82, 2.24) is 5.43 Å². The van der Waals surface area contributed by atoms with Gasteiger partial charge in [0, 0.05) is 15.1 Å². The first kappa shape index (κ1) is 23.8. The Bertz CT molecular complexity index is 1230. The third-order valence-corrected chi connectivity index (χ3v) is 6.05. The van der Waals surface area contributed by atoms with Gasteiger partial charge in [-0.3, -0.25) is 4.79 Å². The summed E-state index contributed by atoms with van der Waals surface area (Å²) in [5.41, 5.74) is 3.59. The number of ether oxygens (including phenoxy) is 1. The van der Waals surface area contributed by atoms with E-state index >= 15 is 0 Å². The van der Waals surface area contributed by atoms with E-state index in [1.165, 1.54) is 24.4 Å². The number of amides is 1. The number of benzene rings is 3. The molecule has 7 nitrogen and oxygen atoms in total. The third kappa shape index (κ3) is 6.81. The van der Waals surface area contributed by atoms with Crippen LogP contribution in [0.3, 0.4) is 0 Å². The maximum atomic E-state index is 12.6. The number of aryl methyl sites for hydroxylation is 1. The van der Waals surface area contributed by atoms with E-state index in [0.29, 0.717) is 20.8 Å². The summed E-state index contributed by atoms with van der Waals surface area (Å²) in [7, 11) is -4.04. The Labute approximate surface area is 199 Å². The fourth-order valence-corrected chi connectivity index (χ4v) is 3.91. The van der Waals surface area contributed by atoms with Crippen molar-refractivity contribution in [1.29, 1.82) is 0 Å². The number of carbonyl (C=O) groups is 1.